The Kier molecular flexibility index (Phi) is 4.95. The predicted molar refractivity (Wildman–Crippen MR) is 100 cm³/mol. The highest BCUT2D eigenvalue weighted by atomic mass is 19.1. The van der Waals surface area contributed by atoms with Gasteiger partial charge in [-0.25, -0.2) is 13.8 Å². The van der Waals surface area contributed by atoms with Crippen LogP contribution >= 0.6 is 0 Å². The van der Waals surface area contributed by atoms with E-state index >= 15 is 0 Å². The Hall–Kier alpha value is -3.00. The third-order valence-corrected chi connectivity index (χ3v) is 4.95. The summed E-state index contributed by atoms with van der Waals surface area (Å²) in [5.74, 6) is -0.681. The van der Waals surface area contributed by atoms with E-state index in [4.69, 9.17) is 4.74 Å². The van der Waals surface area contributed by atoms with Crippen molar-refractivity contribution in [1.29, 1.82) is 0 Å². The number of amides is 1. The van der Waals surface area contributed by atoms with E-state index in [-0.39, 0.29) is 0 Å². The van der Waals surface area contributed by atoms with E-state index in [0.29, 0.717) is 32.7 Å². The van der Waals surface area contributed by atoms with Crippen LogP contribution in [-0.2, 0) is 6.54 Å². The zero-order valence-electron chi connectivity index (χ0n) is 15.4. The summed E-state index contributed by atoms with van der Waals surface area (Å²) >= 11 is 0. The van der Waals surface area contributed by atoms with Crippen molar-refractivity contribution >= 4 is 16.9 Å². The van der Waals surface area contributed by atoms with Gasteiger partial charge >= 0.3 is 0 Å². The van der Waals surface area contributed by atoms with Gasteiger partial charge in [-0.3, -0.25) is 9.69 Å². The number of carbonyl (C=O) groups is 1. The number of benzene rings is 2. The van der Waals surface area contributed by atoms with Gasteiger partial charge in [-0.05, 0) is 24.3 Å². The number of halogens is 2. The smallest absolute Gasteiger partial charge is 0.259 e. The Morgan fingerprint density at radius 3 is 2.54 bits per heavy atom. The molecule has 0 spiro atoms. The summed E-state index contributed by atoms with van der Waals surface area (Å²) in [5.41, 5.74) is 1.28. The van der Waals surface area contributed by atoms with E-state index in [1.54, 1.807) is 7.11 Å². The van der Waals surface area contributed by atoms with Gasteiger partial charge in [0.05, 0.1) is 24.7 Å². The van der Waals surface area contributed by atoms with Crippen molar-refractivity contribution in [3.05, 3.63) is 59.4 Å². The molecule has 4 rings (SSSR count). The van der Waals surface area contributed by atoms with Crippen LogP contribution < -0.4 is 4.74 Å². The first-order valence-electron chi connectivity index (χ1n) is 9.03. The number of ether oxygens (including phenoxy) is 1. The lowest BCUT2D eigenvalue weighted by molar-refractivity contribution is 0.0616. The van der Waals surface area contributed by atoms with E-state index < -0.39 is 23.1 Å². The third kappa shape index (κ3) is 3.55. The average molecular weight is 386 g/mol. The summed E-state index contributed by atoms with van der Waals surface area (Å²) in [6, 6.07) is 9.10. The van der Waals surface area contributed by atoms with Crippen molar-refractivity contribution in [3.63, 3.8) is 0 Å². The number of hydrogen-bond acceptors (Lipinski definition) is 4. The van der Waals surface area contributed by atoms with Crippen LogP contribution in [0.25, 0.3) is 11.0 Å². The standard InChI is InChI=1S/C20H20F2N4O2/c1-28-13-5-6-16-17(11-13)24-18(23-16)12-25-7-9-26(10-8-25)20(27)19-14(21)3-2-4-15(19)22/h2-6,11H,7-10,12H2,1H3,(H,23,24). The fraction of sp³-hybridized carbons (Fsp3) is 0.300. The van der Waals surface area contributed by atoms with Gasteiger partial charge < -0.3 is 14.6 Å². The molecule has 0 unspecified atom stereocenters. The molecule has 6 nitrogen and oxygen atoms in total. The number of piperazine rings is 1. The molecule has 1 saturated heterocycles. The summed E-state index contributed by atoms with van der Waals surface area (Å²) in [5, 5.41) is 0. The largest absolute Gasteiger partial charge is 0.497 e. The minimum Gasteiger partial charge on any atom is -0.497 e. The van der Waals surface area contributed by atoms with Gasteiger partial charge in [-0.2, -0.15) is 0 Å². The monoisotopic (exact) mass is 386 g/mol. The van der Waals surface area contributed by atoms with E-state index in [1.165, 1.54) is 11.0 Å². The summed E-state index contributed by atoms with van der Waals surface area (Å²) in [6.07, 6.45) is 0. The molecule has 0 aliphatic carbocycles. The van der Waals surface area contributed by atoms with Crippen LogP contribution in [0.4, 0.5) is 8.78 Å². The molecule has 1 N–H and O–H groups in total. The second-order valence-corrected chi connectivity index (χ2v) is 6.73. The Morgan fingerprint density at radius 2 is 1.86 bits per heavy atom. The minimum absolute atomic E-state index is 0.403. The number of H-pyrrole nitrogens is 1. The van der Waals surface area contributed by atoms with Crippen LogP contribution in [0.1, 0.15) is 16.2 Å². The van der Waals surface area contributed by atoms with Crippen LogP contribution in [0, 0.1) is 11.6 Å². The average Bonchev–Trinajstić information content (AvgIpc) is 3.09. The maximum Gasteiger partial charge on any atom is 0.259 e. The number of fused-ring (bicyclic) bond motifs is 1. The molecular weight excluding hydrogens is 366 g/mol. The first-order valence-corrected chi connectivity index (χ1v) is 9.03. The highest BCUT2D eigenvalue weighted by Crippen LogP contribution is 2.20. The van der Waals surface area contributed by atoms with E-state index in [9.17, 15) is 13.6 Å². The highest BCUT2D eigenvalue weighted by Gasteiger charge is 2.26. The molecule has 8 heteroatoms. The first-order chi connectivity index (χ1) is 13.5. The lowest BCUT2D eigenvalue weighted by atomic mass is 10.1. The van der Waals surface area contributed by atoms with Gasteiger partial charge in [-0.1, -0.05) is 6.07 Å². The normalized spacial score (nSPS) is 15.2. The highest BCUT2D eigenvalue weighted by molar-refractivity contribution is 5.94. The molecule has 2 aromatic carbocycles. The van der Waals surface area contributed by atoms with E-state index in [2.05, 4.69) is 14.9 Å². The summed E-state index contributed by atoms with van der Waals surface area (Å²) in [7, 11) is 1.62. The zero-order valence-corrected chi connectivity index (χ0v) is 15.4. The number of aromatic amines is 1. The summed E-state index contributed by atoms with van der Waals surface area (Å²) < 4.78 is 32.9. The third-order valence-electron chi connectivity index (χ3n) is 4.95. The van der Waals surface area contributed by atoms with Crippen molar-refractivity contribution in [3.8, 4) is 5.75 Å². The van der Waals surface area contributed by atoms with Gasteiger partial charge in [0.15, 0.2) is 0 Å². The molecule has 1 aliphatic rings. The van der Waals surface area contributed by atoms with Gasteiger partial charge in [0.25, 0.3) is 5.91 Å². The molecule has 0 radical (unpaired) electrons. The van der Waals surface area contributed by atoms with Crippen LogP contribution in [0.5, 0.6) is 5.75 Å². The van der Waals surface area contributed by atoms with Crippen molar-refractivity contribution in [1.82, 2.24) is 19.8 Å². The molecule has 146 valence electrons. The van der Waals surface area contributed by atoms with Crippen molar-refractivity contribution in [2.24, 2.45) is 0 Å². The molecule has 2 heterocycles. The first kappa shape index (κ1) is 18.4. The van der Waals surface area contributed by atoms with Crippen LogP contribution in [0.3, 0.4) is 0 Å². The molecule has 0 atom stereocenters. The number of rotatable bonds is 4. The Balaban J connectivity index is 1.40. The molecule has 1 aliphatic heterocycles. The quantitative estimate of drug-likeness (QED) is 0.749. The van der Waals surface area contributed by atoms with Crippen molar-refractivity contribution in [2.75, 3.05) is 33.3 Å². The molecule has 0 bridgehead atoms. The van der Waals surface area contributed by atoms with E-state index in [0.717, 1.165) is 34.7 Å². The Labute approximate surface area is 160 Å². The van der Waals surface area contributed by atoms with Crippen LogP contribution in [0.2, 0.25) is 0 Å². The molecule has 1 fully saturated rings. The van der Waals surface area contributed by atoms with Gasteiger partial charge in [-0.15, -0.1) is 0 Å². The summed E-state index contributed by atoms with van der Waals surface area (Å²) in [4.78, 5) is 24.0. The fourth-order valence-electron chi connectivity index (χ4n) is 3.42. The van der Waals surface area contributed by atoms with E-state index in [1.807, 2.05) is 18.2 Å². The minimum atomic E-state index is -0.829. The SMILES string of the molecule is COc1ccc2nc(CN3CCN(C(=O)c4c(F)cccc4F)CC3)[nH]c2c1. The number of methoxy groups -OCH3 is 1. The molecule has 3 aromatic rings. The number of nitrogens with one attached hydrogen (secondary N) is 1. The van der Waals surface area contributed by atoms with Crippen LogP contribution in [-0.4, -0.2) is 59.0 Å². The van der Waals surface area contributed by atoms with Crippen molar-refractivity contribution in [2.45, 2.75) is 6.54 Å². The Bertz CT molecular complexity index is 992. The number of nitrogens with zero attached hydrogens (tertiary/aromatic N) is 3. The lowest BCUT2D eigenvalue weighted by Gasteiger charge is -2.34. The second kappa shape index (κ2) is 7.55. The maximum absolute atomic E-state index is 13.9. The number of hydrogen-bond donors (Lipinski definition) is 1. The molecular formula is C20H20F2N4O2. The lowest BCUT2D eigenvalue weighted by Crippen LogP contribution is -2.48. The number of aromatic nitrogens is 2. The fourth-order valence-corrected chi connectivity index (χ4v) is 3.42. The zero-order chi connectivity index (χ0) is 19.7. The molecule has 0 saturated carbocycles. The van der Waals surface area contributed by atoms with Crippen LogP contribution in [0.15, 0.2) is 36.4 Å². The number of imidazole rings is 1. The maximum atomic E-state index is 13.9. The van der Waals surface area contributed by atoms with Gasteiger partial charge in [0.2, 0.25) is 0 Å². The summed E-state index contributed by atoms with van der Waals surface area (Å²) in [6.45, 7) is 2.61. The number of carbonyl (C=O) groups excluding carboxylic acids is 1. The molecule has 1 aromatic heterocycles. The van der Waals surface area contributed by atoms with Gasteiger partial charge in [0.1, 0.15) is 28.8 Å². The second-order valence-electron chi connectivity index (χ2n) is 6.73. The topological polar surface area (TPSA) is 61.5 Å². The molecule has 1 amide bonds. The Morgan fingerprint density at radius 1 is 1.14 bits per heavy atom. The van der Waals surface area contributed by atoms with Crippen molar-refractivity contribution < 1.29 is 18.3 Å². The molecule has 28 heavy (non-hydrogen) atoms. The van der Waals surface area contributed by atoms with Gasteiger partial charge in [0, 0.05) is 32.2 Å². The predicted octanol–water partition coefficient (Wildman–Crippen LogP) is 2.81.